The summed E-state index contributed by atoms with van der Waals surface area (Å²) in [7, 11) is 0.0457. The van der Waals surface area contributed by atoms with E-state index < -0.39 is 10.0 Å². The Morgan fingerprint density at radius 3 is 2.26 bits per heavy atom. The third-order valence-corrected chi connectivity index (χ3v) is 6.61. The average molecular weight is 388 g/mol. The molecule has 1 saturated heterocycles. The van der Waals surface area contributed by atoms with Gasteiger partial charge in [-0.2, -0.15) is 4.31 Å². The lowest BCUT2D eigenvalue weighted by atomic mass is 10.1. The predicted molar refractivity (Wildman–Crippen MR) is 105 cm³/mol. The largest absolute Gasteiger partial charge is 0.345 e. The zero-order valence-corrected chi connectivity index (χ0v) is 16.5. The minimum Gasteiger partial charge on any atom is -0.345 e. The van der Waals surface area contributed by atoms with Crippen molar-refractivity contribution in [3.63, 3.8) is 0 Å². The molecule has 0 unspecified atom stereocenters. The summed E-state index contributed by atoms with van der Waals surface area (Å²) in [6.45, 7) is 2.96. The smallest absolute Gasteiger partial charge is 0.253 e. The second-order valence-electron chi connectivity index (χ2n) is 6.89. The summed E-state index contributed by atoms with van der Waals surface area (Å²) in [5.74, 6) is -0.0179. The lowest BCUT2D eigenvalue weighted by Crippen LogP contribution is -2.48. The molecule has 1 aliphatic heterocycles. The van der Waals surface area contributed by atoms with E-state index in [0.29, 0.717) is 43.2 Å². The van der Waals surface area contributed by atoms with Gasteiger partial charge in [-0.1, -0.05) is 30.3 Å². The molecule has 144 valence electrons. The predicted octanol–water partition coefficient (Wildman–Crippen LogP) is 1.89. The maximum absolute atomic E-state index is 12.7. The van der Waals surface area contributed by atoms with Gasteiger partial charge in [0.15, 0.2) is 0 Å². The number of sulfonamides is 1. The Kier molecular flexibility index (Phi) is 5.94. The standard InChI is InChI=1S/C20H25N3O3S/c1-21(2)20(24)18-8-6-7-17(15-18)16-22-11-13-23(14-12-22)27(25,26)19-9-4-3-5-10-19/h3-10,15H,11-14,16H2,1-2H3. The molecule has 0 aliphatic carbocycles. The number of carbonyl (C=O) groups excluding carboxylic acids is 1. The van der Waals surface area contributed by atoms with E-state index in [2.05, 4.69) is 4.90 Å². The molecule has 0 atom stereocenters. The molecule has 7 heteroatoms. The quantitative estimate of drug-likeness (QED) is 0.786. The van der Waals surface area contributed by atoms with E-state index >= 15 is 0 Å². The number of amides is 1. The SMILES string of the molecule is CN(C)C(=O)c1cccc(CN2CCN(S(=O)(=O)c3ccccc3)CC2)c1. The fourth-order valence-corrected chi connectivity index (χ4v) is 4.63. The van der Waals surface area contributed by atoms with Gasteiger partial charge in [0, 0.05) is 52.4 Å². The van der Waals surface area contributed by atoms with Crippen molar-refractivity contribution in [3.05, 3.63) is 65.7 Å². The van der Waals surface area contributed by atoms with Crippen LogP contribution in [-0.4, -0.2) is 68.7 Å². The van der Waals surface area contributed by atoms with E-state index in [1.54, 1.807) is 47.6 Å². The van der Waals surface area contributed by atoms with Crippen LogP contribution in [-0.2, 0) is 16.6 Å². The van der Waals surface area contributed by atoms with Crippen LogP contribution in [0.2, 0.25) is 0 Å². The molecule has 0 N–H and O–H groups in total. The summed E-state index contributed by atoms with van der Waals surface area (Å²) < 4.78 is 26.9. The van der Waals surface area contributed by atoms with Gasteiger partial charge >= 0.3 is 0 Å². The van der Waals surface area contributed by atoms with Crippen LogP contribution in [0.5, 0.6) is 0 Å². The molecule has 1 amide bonds. The zero-order valence-electron chi connectivity index (χ0n) is 15.7. The molecule has 6 nitrogen and oxygen atoms in total. The van der Waals surface area contributed by atoms with Gasteiger partial charge in [-0.05, 0) is 29.8 Å². The number of hydrogen-bond acceptors (Lipinski definition) is 4. The number of carbonyl (C=O) groups is 1. The van der Waals surface area contributed by atoms with Crippen LogP contribution in [0.25, 0.3) is 0 Å². The topological polar surface area (TPSA) is 60.9 Å². The Balaban J connectivity index is 1.62. The van der Waals surface area contributed by atoms with Gasteiger partial charge in [0.25, 0.3) is 5.91 Å². The molecule has 2 aromatic carbocycles. The first-order chi connectivity index (χ1) is 12.9. The summed E-state index contributed by atoms with van der Waals surface area (Å²) in [4.78, 5) is 16.2. The maximum Gasteiger partial charge on any atom is 0.253 e. The number of rotatable bonds is 5. The van der Waals surface area contributed by atoms with Crippen molar-refractivity contribution in [3.8, 4) is 0 Å². The first-order valence-corrected chi connectivity index (χ1v) is 10.4. The molecule has 27 heavy (non-hydrogen) atoms. The van der Waals surface area contributed by atoms with Gasteiger partial charge in [0.05, 0.1) is 4.90 Å². The van der Waals surface area contributed by atoms with Gasteiger partial charge in [-0.3, -0.25) is 9.69 Å². The van der Waals surface area contributed by atoms with Crippen LogP contribution in [0.1, 0.15) is 15.9 Å². The van der Waals surface area contributed by atoms with Crippen molar-refractivity contribution < 1.29 is 13.2 Å². The highest BCUT2D eigenvalue weighted by molar-refractivity contribution is 7.89. The fourth-order valence-electron chi connectivity index (χ4n) is 3.19. The minimum atomic E-state index is -3.43. The molecule has 0 radical (unpaired) electrons. The molecule has 2 aromatic rings. The van der Waals surface area contributed by atoms with Crippen molar-refractivity contribution in [2.24, 2.45) is 0 Å². The van der Waals surface area contributed by atoms with Crippen molar-refractivity contribution in [2.75, 3.05) is 40.3 Å². The Morgan fingerprint density at radius 2 is 1.63 bits per heavy atom. The van der Waals surface area contributed by atoms with Crippen molar-refractivity contribution in [2.45, 2.75) is 11.4 Å². The molecule has 0 saturated carbocycles. The zero-order chi connectivity index (χ0) is 19.4. The van der Waals surface area contributed by atoms with Crippen LogP contribution in [0.4, 0.5) is 0 Å². The molecule has 1 aliphatic rings. The molecular weight excluding hydrogens is 362 g/mol. The summed E-state index contributed by atoms with van der Waals surface area (Å²) in [5, 5.41) is 0. The van der Waals surface area contributed by atoms with Gasteiger partial charge in [-0.25, -0.2) is 8.42 Å². The van der Waals surface area contributed by atoms with E-state index in [1.165, 1.54) is 0 Å². The lowest BCUT2D eigenvalue weighted by molar-refractivity contribution is 0.0827. The molecule has 0 aromatic heterocycles. The highest BCUT2D eigenvalue weighted by Crippen LogP contribution is 2.18. The van der Waals surface area contributed by atoms with Crippen LogP contribution in [0.15, 0.2) is 59.5 Å². The van der Waals surface area contributed by atoms with Gasteiger partial charge in [-0.15, -0.1) is 0 Å². The van der Waals surface area contributed by atoms with Crippen LogP contribution in [0.3, 0.4) is 0 Å². The number of piperazine rings is 1. The molecule has 0 bridgehead atoms. The van der Waals surface area contributed by atoms with Crippen LogP contribution >= 0.6 is 0 Å². The molecule has 1 heterocycles. The van der Waals surface area contributed by atoms with E-state index in [9.17, 15) is 13.2 Å². The fraction of sp³-hybridized carbons (Fsp3) is 0.350. The third kappa shape index (κ3) is 4.55. The number of benzene rings is 2. The van der Waals surface area contributed by atoms with Crippen molar-refractivity contribution >= 4 is 15.9 Å². The molecule has 3 rings (SSSR count). The second-order valence-corrected chi connectivity index (χ2v) is 8.83. The first kappa shape index (κ1) is 19.5. The van der Waals surface area contributed by atoms with Crippen LogP contribution < -0.4 is 0 Å². The van der Waals surface area contributed by atoms with Crippen molar-refractivity contribution in [1.29, 1.82) is 0 Å². The summed E-state index contributed by atoms with van der Waals surface area (Å²) in [5.41, 5.74) is 1.73. The first-order valence-electron chi connectivity index (χ1n) is 8.96. The van der Waals surface area contributed by atoms with Gasteiger partial charge in [0.1, 0.15) is 0 Å². The average Bonchev–Trinajstić information content (AvgIpc) is 2.68. The normalized spacial score (nSPS) is 16.2. The van der Waals surface area contributed by atoms with E-state index in [1.807, 2.05) is 30.3 Å². The molecule has 0 spiro atoms. The summed E-state index contributed by atoms with van der Waals surface area (Å²) in [6.07, 6.45) is 0. The maximum atomic E-state index is 12.7. The summed E-state index contributed by atoms with van der Waals surface area (Å²) in [6, 6.07) is 16.2. The van der Waals surface area contributed by atoms with E-state index in [-0.39, 0.29) is 5.91 Å². The van der Waals surface area contributed by atoms with E-state index in [4.69, 9.17) is 0 Å². The minimum absolute atomic E-state index is 0.0179. The Bertz CT molecular complexity index is 890. The molecular formula is C20H25N3O3S. The van der Waals surface area contributed by atoms with Gasteiger partial charge in [0.2, 0.25) is 10.0 Å². The number of hydrogen-bond donors (Lipinski definition) is 0. The summed E-state index contributed by atoms with van der Waals surface area (Å²) >= 11 is 0. The third-order valence-electron chi connectivity index (χ3n) is 4.70. The Hall–Kier alpha value is -2.22. The molecule has 1 fully saturated rings. The highest BCUT2D eigenvalue weighted by atomic mass is 32.2. The van der Waals surface area contributed by atoms with Crippen molar-refractivity contribution in [1.82, 2.24) is 14.1 Å². The Morgan fingerprint density at radius 1 is 0.963 bits per heavy atom. The van der Waals surface area contributed by atoms with Crippen LogP contribution in [0, 0.1) is 0 Å². The lowest BCUT2D eigenvalue weighted by Gasteiger charge is -2.34. The van der Waals surface area contributed by atoms with Gasteiger partial charge < -0.3 is 4.90 Å². The second kappa shape index (κ2) is 8.21. The highest BCUT2D eigenvalue weighted by Gasteiger charge is 2.28. The number of nitrogens with zero attached hydrogens (tertiary/aromatic N) is 3. The monoisotopic (exact) mass is 387 g/mol. The Labute approximate surface area is 161 Å². The van der Waals surface area contributed by atoms with E-state index in [0.717, 1.165) is 5.56 Å².